The van der Waals surface area contributed by atoms with E-state index in [0.717, 1.165) is 51.5 Å². The molecule has 3 N–H and O–H groups in total. The molecule has 4 amide bonds. The van der Waals surface area contributed by atoms with Gasteiger partial charge in [0.15, 0.2) is 6.29 Å². The van der Waals surface area contributed by atoms with Crippen LogP contribution < -0.4 is 15.5 Å². The highest BCUT2D eigenvalue weighted by molar-refractivity contribution is 6.06. The SMILES string of the molecule is O=C(NC1CC(=O)N(Cc2ccc([C@@H]3O[C@H](CN4CCC5(CC4)C(=O)NCN5c4ccccc4)C[C@H](c4ccc(CO)cc4)O3)cc2)C1=O)OCc1ccccc1. The summed E-state index contributed by atoms with van der Waals surface area (Å²) < 4.78 is 18.5. The molecule has 4 saturated heterocycles. The van der Waals surface area contributed by atoms with Crippen LogP contribution in [0.15, 0.2) is 109 Å². The van der Waals surface area contributed by atoms with Crippen LogP contribution in [0.25, 0.3) is 0 Å². The molecular formula is C44H47N5O8. The quantitative estimate of drug-likeness (QED) is 0.183. The van der Waals surface area contributed by atoms with Crippen molar-refractivity contribution in [3.63, 3.8) is 0 Å². The Bertz CT molecular complexity index is 2040. The van der Waals surface area contributed by atoms with E-state index in [9.17, 15) is 24.3 Å². The zero-order valence-corrected chi connectivity index (χ0v) is 31.6. The largest absolute Gasteiger partial charge is 0.445 e. The number of para-hydroxylation sites is 1. The van der Waals surface area contributed by atoms with Gasteiger partial charge < -0.3 is 39.8 Å². The van der Waals surface area contributed by atoms with E-state index in [4.69, 9.17) is 14.2 Å². The van der Waals surface area contributed by atoms with Gasteiger partial charge in [-0.25, -0.2) is 4.79 Å². The molecule has 0 aliphatic carbocycles. The second-order valence-corrected chi connectivity index (χ2v) is 15.1. The van der Waals surface area contributed by atoms with Crippen molar-refractivity contribution >= 4 is 29.5 Å². The molecule has 4 aromatic carbocycles. The molecule has 8 rings (SSSR count). The maximum atomic E-state index is 13.3. The molecule has 4 aromatic rings. The lowest BCUT2D eigenvalue weighted by atomic mass is 9.85. The van der Waals surface area contributed by atoms with E-state index in [1.807, 2.05) is 97.1 Å². The van der Waals surface area contributed by atoms with Crippen LogP contribution in [0.5, 0.6) is 0 Å². The van der Waals surface area contributed by atoms with Gasteiger partial charge in [0, 0.05) is 37.3 Å². The number of rotatable bonds is 11. The minimum absolute atomic E-state index is 0.0459. The van der Waals surface area contributed by atoms with Gasteiger partial charge in [-0.15, -0.1) is 0 Å². The molecule has 57 heavy (non-hydrogen) atoms. The summed E-state index contributed by atoms with van der Waals surface area (Å²) in [6.45, 7) is 2.71. The first-order chi connectivity index (χ1) is 27.8. The van der Waals surface area contributed by atoms with E-state index in [-0.39, 0.29) is 50.2 Å². The topological polar surface area (TPSA) is 150 Å². The van der Waals surface area contributed by atoms with Crippen molar-refractivity contribution in [3.8, 4) is 0 Å². The zero-order chi connectivity index (χ0) is 39.4. The van der Waals surface area contributed by atoms with Crippen molar-refractivity contribution in [3.05, 3.63) is 137 Å². The van der Waals surface area contributed by atoms with Crippen LogP contribution in [0.1, 0.15) is 65.9 Å². The Labute approximate surface area is 331 Å². The second-order valence-electron chi connectivity index (χ2n) is 15.1. The van der Waals surface area contributed by atoms with Gasteiger partial charge in [0.2, 0.25) is 11.8 Å². The number of imide groups is 1. The first-order valence-corrected chi connectivity index (χ1v) is 19.5. The van der Waals surface area contributed by atoms with E-state index in [2.05, 4.69) is 32.6 Å². The number of anilines is 1. The lowest BCUT2D eigenvalue weighted by Crippen LogP contribution is -2.57. The number of aliphatic hydroxyl groups excluding tert-OH is 1. The number of carbonyl (C=O) groups is 4. The Kier molecular flexibility index (Phi) is 11.3. The molecule has 1 spiro atoms. The molecule has 1 unspecified atom stereocenters. The predicted molar refractivity (Wildman–Crippen MR) is 209 cm³/mol. The first-order valence-electron chi connectivity index (χ1n) is 19.5. The zero-order valence-electron chi connectivity index (χ0n) is 31.6. The number of likely N-dealkylation sites (tertiary alicyclic amines) is 2. The predicted octanol–water partition coefficient (Wildman–Crippen LogP) is 4.71. The van der Waals surface area contributed by atoms with Gasteiger partial charge in [0.05, 0.1) is 38.4 Å². The molecule has 4 aliphatic heterocycles. The van der Waals surface area contributed by atoms with Gasteiger partial charge >= 0.3 is 6.09 Å². The van der Waals surface area contributed by atoms with Crippen LogP contribution in [0, 0.1) is 0 Å². The number of amides is 4. The van der Waals surface area contributed by atoms with Crippen molar-refractivity contribution in [2.45, 2.75) is 75.5 Å². The average Bonchev–Trinajstić information content (AvgIpc) is 3.70. The molecule has 0 bridgehead atoms. The van der Waals surface area contributed by atoms with Crippen LogP contribution in [0.4, 0.5) is 10.5 Å². The lowest BCUT2D eigenvalue weighted by Gasteiger charge is -2.45. The molecule has 4 fully saturated rings. The van der Waals surface area contributed by atoms with Crippen molar-refractivity contribution < 1.29 is 38.5 Å². The number of carbonyl (C=O) groups excluding carboxylic acids is 4. The Morgan fingerprint density at radius 2 is 1.49 bits per heavy atom. The molecule has 0 aromatic heterocycles. The molecule has 0 radical (unpaired) electrons. The Hall–Kier alpha value is -5.60. The number of benzene rings is 4. The smallest absolute Gasteiger partial charge is 0.408 e. The highest BCUT2D eigenvalue weighted by atomic mass is 16.7. The third-order valence-corrected chi connectivity index (χ3v) is 11.5. The van der Waals surface area contributed by atoms with E-state index < -0.39 is 29.9 Å². The molecule has 4 heterocycles. The molecule has 296 valence electrons. The van der Waals surface area contributed by atoms with Crippen LogP contribution in [-0.4, -0.2) is 82.7 Å². The second kappa shape index (κ2) is 16.9. The number of nitrogens with one attached hydrogen (secondary N) is 2. The fourth-order valence-corrected chi connectivity index (χ4v) is 8.29. The number of hydrogen-bond acceptors (Lipinski definition) is 10. The highest BCUT2D eigenvalue weighted by Gasteiger charge is 2.50. The van der Waals surface area contributed by atoms with Gasteiger partial charge in [-0.2, -0.15) is 0 Å². The van der Waals surface area contributed by atoms with Gasteiger partial charge in [-0.3, -0.25) is 19.3 Å². The molecular weight excluding hydrogens is 727 g/mol. The standard InChI is InChI=1S/C44H47N5O8/c50-27-31-13-15-33(16-14-31)38-23-36(26-47-21-19-44(20-22-47)42(53)45-29-49(44)35-9-5-2-6-10-35)56-41(57-38)34-17-11-30(12-18-34)25-48-39(51)24-37(40(48)52)46-43(54)55-28-32-7-3-1-4-8-32/h1-18,36-38,41,50H,19-29H2,(H,45,53)(H,46,54)/t36-,37?,38+,41+/m0/s1. The van der Waals surface area contributed by atoms with Crippen molar-refractivity contribution in [1.82, 2.24) is 20.4 Å². The Morgan fingerprint density at radius 3 is 2.19 bits per heavy atom. The van der Waals surface area contributed by atoms with Crippen molar-refractivity contribution in [2.24, 2.45) is 0 Å². The number of alkyl carbamates (subject to hydrolysis) is 1. The number of aliphatic hydroxyl groups is 1. The van der Waals surface area contributed by atoms with Crippen LogP contribution in [-0.2, 0) is 48.4 Å². The normalized spacial score (nSPS) is 23.5. The minimum Gasteiger partial charge on any atom is -0.445 e. The summed E-state index contributed by atoms with van der Waals surface area (Å²) in [6, 6.07) is 33.5. The van der Waals surface area contributed by atoms with E-state index in [0.29, 0.717) is 32.5 Å². The summed E-state index contributed by atoms with van der Waals surface area (Å²) in [5.74, 6) is -0.779. The number of ether oxygens (including phenoxy) is 3. The van der Waals surface area contributed by atoms with E-state index >= 15 is 0 Å². The monoisotopic (exact) mass is 773 g/mol. The maximum absolute atomic E-state index is 13.3. The molecule has 4 atom stereocenters. The Balaban J connectivity index is 0.909. The molecule has 13 nitrogen and oxygen atoms in total. The van der Waals surface area contributed by atoms with Gasteiger partial charge in [-0.05, 0) is 47.2 Å². The third kappa shape index (κ3) is 8.42. The van der Waals surface area contributed by atoms with Gasteiger partial charge in [0.1, 0.15) is 18.2 Å². The Morgan fingerprint density at radius 1 is 0.825 bits per heavy atom. The fourth-order valence-electron chi connectivity index (χ4n) is 8.29. The fraction of sp³-hybridized carbons (Fsp3) is 0.364. The lowest BCUT2D eigenvalue weighted by molar-refractivity contribution is -0.253. The summed E-state index contributed by atoms with van der Waals surface area (Å²) in [4.78, 5) is 57.5. The summed E-state index contributed by atoms with van der Waals surface area (Å²) >= 11 is 0. The summed E-state index contributed by atoms with van der Waals surface area (Å²) in [5, 5.41) is 15.2. The number of hydrogen-bond donors (Lipinski definition) is 3. The van der Waals surface area contributed by atoms with Crippen molar-refractivity contribution in [2.75, 3.05) is 31.2 Å². The summed E-state index contributed by atoms with van der Waals surface area (Å²) in [6.07, 6.45) is -0.00250. The highest BCUT2D eigenvalue weighted by Crippen LogP contribution is 2.40. The van der Waals surface area contributed by atoms with E-state index in [1.165, 1.54) is 0 Å². The summed E-state index contributed by atoms with van der Waals surface area (Å²) in [7, 11) is 0. The van der Waals surface area contributed by atoms with Gasteiger partial charge in [0.25, 0.3) is 5.91 Å². The summed E-state index contributed by atoms with van der Waals surface area (Å²) in [5.41, 5.74) is 4.60. The van der Waals surface area contributed by atoms with Crippen LogP contribution in [0.3, 0.4) is 0 Å². The molecule has 13 heteroatoms. The number of nitrogens with zero attached hydrogens (tertiary/aromatic N) is 3. The minimum atomic E-state index is -0.993. The molecule has 4 aliphatic rings. The average molecular weight is 774 g/mol. The van der Waals surface area contributed by atoms with Gasteiger partial charge in [-0.1, -0.05) is 97.1 Å². The first kappa shape index (κ1) is 38.3. The van der Waals surface area contributed by atoms with Crippen molar-refractivity contribution in [1.29, 1.82) is 0 Å². The maximum Gasteiger partial charge on any atom is 0.408 e. The van der Waals surface area contributed by atoms with Crippen LogP contribution >= 0.6 is 0 Å². The van der Waals surface area contributed by atoms with Crippen LogP contribution in [0.2, 0.25) is 0 Å². The van der Waals surface area contributed by atoms with E-state index in [1.54, 1.807) is 0 Å². The third-order valence-electron chi connectivity index (χ3n) is 11.5. The molecule has 0 saturated carbocycles. The number of piperidine rings is 1.